The molecule has 3 aromatic rings. The molecule has 1 unspecified atom stereocenters. The van der Waals surface area contributed by atoms with Crippen molar-refractivity contribution in [1.29, 1.82) is 0 Å². The Balaban J connectivity index is 0.00000216. The van der Waals surface area contributed by atoms with E-state index in [1.165, 1.54) is 28.8 Å². The average molecular weight is 450 g/mol. The number of fused-ring (bicyclic) bond motifs is 2. The Labute approximate surface area is 194 Å². The minimum atomic E-state index is 0. The van der Waals surface area contributed by atoms with E-state index in [0.717, 1.165) is 61.8 Å². The van der Waals surface area contributed by atoms with E-state index in [-0.39, 0.29) is 30.3 Å². The first-order chi connectivity index (χ1) is 15.2. The van der Waals surface area contributed by atoms with E-state index in [2.05, 4.69) is 33.4 Å². The molecule has 7 heteroatoms. The van der Waals surface area contributed by atoms with Gasteiger partial charge in [0, 0.05) is 42.3 Å². The molecule has 1 atom stereocenters. The predicted octanol–water partition coefficient (Wildman–Crippen LogP) is 4.09. The number of nitrogens with two attached hydrogens (primary N) is 1. The number of carbonyl (C=O) groups excluding carboxylic acids is 1. The van der Waals surface area contributed by atoms with Gasteiger partial charge < -0.3 is 16.0 Å². The maximum Gasteiger partial charge on any atom is 0.228 e. The summed E-state index contributed by atoms with van der Waals surface area (Å²) in [6.07, 6.45) is 8.10. The molecule has 2 aromatic heterocycles. The molecule has 1 saturated heterocycles. The highest BCUT2D eigenvalue weighted by Gasteiger charge is 2.30. The molecule has 32 heavy (non-hydrogen) atoms. The third-order valence-electron chi connectivity index (χ3n) is 6.82. The van der Waals surface area contributed by atoms with Crippen LogP contribution in [0.15, 0.2) is 36.5 Å². The molecule has 1 saturated carbocycles. The minimum absolute atomic E-state index is 0. The third-order valence-corrected chi connectivity index (χ3v) is 6.82. The van der Waals surface area contributed by atoms with Gasteiger partial charge in [-0.3, -0.25) is 9.78 Å². The lowest BCUT2D eigenvalue weighted by atomic mass is 10.00. The first kappa shape index (κ1) is 21.2. The van der Waals surface area contributed by atoms with Crippen LogP contribution in [-0.4, -0.2) is 35.0 Å². The van der Waals surface area contributed by atoms with Gasteiger partial charge in [0.25, 0.3) is 0 Å². The molecule has 166 valence electrons. The summed E-state index contributed by atoms with van der Waals surface area (Å²) in [4.78, 5) is 24.0. The Morgan fingerprint density at radius 1 is 1.09 bits per heavy atom. The zero-order chi connectivity index (χ0) is 20.9. The lowest BCUT2D eigenvalue weighted by molar-refractivity contribution is -0.117. The summed E-state index contributed by atoms with van der Waals surface area (Å²) in [6.45, 7) is 1.91. The molecule has 3 N–H and O–H groups in total. The fraction of sp³-hybridized carbons (Fsp3) is 0.400. The standard InChI is InChI=1S/C25H27N5O.ClH/c26-18-9-11-30(14-18)24-19-2-1-3-21(19)28-22-7-6-16(12-20(22)24)17-8-10-27-23(13-17)29-25(31)15-4-5-15;/h6-8,10,12-13,15,18H,1-5,9,11,14,26H2,(H,27,29,31);1H. The van der Waals surface area contributed by atoms with Gasteiger partial charge in [-0.25, -0.2) is 4.98 Å². The second-order valence-electron chi connectivity index (χ2n) is 9.16. The van der Waals surface area contributed by atoms with Crippen LogP contribution in [0.2, 0.25) is 0 Å². The fourth-order valence-corrected chi connectivity index (χ4v) is 5.02. The number of aromatic nitrogens is 2. The number of benzene rings is 1. The Kier molecular flexibility index (Phi) is 5.51. The first-order valence-electron chi connectivity index (χ1n) is 11.4. The molecule has 3 aliphatic rings. The summed E-state index contributed by atoms with van der Waals surface area (Å²) in [5, 5.41) is 4.16. The number of nitrogens with one attached hydrogen (secondary N) is 1. The lowest BCUT2D eigenvalue weighted by Crippen LogP contribution is -2.27. The summed E-state index contributed by atoms with van der Waals surface area (Å²) in [5.41, 5.74) is 13.5. The molecule has 0 bridgehead atoms. The molecule has 0 spiro atoms. The van der Waals surface area contributed by atoms with Crippen LogP contribution in [0.1, 0.15) is 36.9 Å². The average Bonchev–Trinajstić information content (AvgIpc) is 3.39. The molecule has 2 fully saturated rings. The van der Waals surface area contributed by atoms with Gasteiger partial charge in [0.2, 0.25) is 5.91 Å². The fourth-order valence-electron chi connectivity index (χ4n) is 5.02. The van der Waals surface area contributed by atoms with E-state index in [1.54, 1.807) is 6.20 Å². The van der Waals surface area contributed by atoms with Gasteiger partial charge in [0.05, 0.1) is 11.2 Å². The summed E-state index contributed by atoms with van der Waals surface area (Å²) >= 11 is 0. The van der Waals surface area contributed by atoms with Gasteiger partial charge in [0.15, 0.2) is 0 Å². The molecular weight excluding hydrogens is 422 g/mol. The normalized spacial score (nSPS) is 19.7. The van der Waals surface area contributed by atoms with Crippen LogP contribution in [-0.2, 0) is 17.6 Å². The smallest absolute Gasteiger partial charge is 0.228 e. The molecule has 6 rings (SSSR count). The molecule has 0 radical (unpaired) electrons. The van der Waals surface area contributed by atoms with Gasteiger partial charge in [0.1, 0.15) is 5.82 Å². The number of aryl methyl sites for hydroxylation is 1. The highest BCUT2D eigenvalue weighted by atomic mass is 35.5. The molecule has 6 nitrogen and oxygen atoms in total. The minimum Gasteiger partial charge on any atom is -0.369 e. The van der Waals surface area contributed by atoms with Crippen molar-refractivity contribution < 1.29 is 4.79 Å². The zero-order valence-corrected chi connectivity index (χ0v) is 18.8. The maximum atomic E-state index is 12.1. The number of rotatable bonds is 4. The number of hydrogen-bond acceptors (Lipinski definition) is 5. The van der Waals surface area contributed by atoms with Crippen molar-refractivity contribution in [2.24, 2.45) is 11.7 Å². The van der Waals surface area contributed by atoms with E-state index in [9.17, 15) is 4.79 Å². The monoisotopic (exact) mass is 449 g/mol. The van der Waals surface area contributed by atoms with Crippen LogP contribution >= 0.6 is 12.4 Å². The summed E-state index contributed by atoms with van der Waals surface area (Å²) in [6, 6.07) is 10.7. The first-order valence-corrected chi connectivity index (χ1v) is 11.4. The largest absolute Gasteiger partial charge is 0.369 e. The van der Waals surface area contributed by atoms with Crippen molar-refractivity contribution in [3.05, 3.63) is 47.8 Å². The van der Waals surface area contributed by atoms with E-state index in [0.29, 0.717) is 5.82 Å². The van der Waals surface area contributed by atoms with Crippen LogP contribution in [0, 0.1) is 5.92 Å². The van der Waals surface area contributed by atoms with Crippen molar-refractivity contribution >= 4 is 40.7 Å². The van der Waals surface area contributed by atoms with Crippen molar-refractivity contribution in [2.45, 2.75) is 44.6 Å². The molecule has 1 aromatic carbocycles. The number of carbonyl (C=O) groups is 1. The Hall–Kier alpha value is -2.70. The Morgan fingerprint density at radius 2 is 1.94 bits per heavy atom. The van der Waals surface area contributed by atoms with Crippen LogP contribution < -0.4 is 16.0 Å². The highest BCUT2D eigenvalue weighted by molar-refractivity contribution is 5.98. The van der Waals surface area contributed by atoms with Crippen LogP contribution in [0.4, 0.5) is 11.5 Å². The number of hydrogen-bond donors (Lipinski definition) is 2. The van der Waals surface area contributed by atoms with Crippen molar-refractivity contribution in [3.63, 3.8) is 0 Å². The number of halogens is 1. The molecule has 2 aliphatic carbocycles. The van der Waals surface area contributed by atoms with Crippen molar-refractivity contribution in [2.75, 3.05) is 23.3 Å². The summed E-state index contributed by atoms with van der Waals surface area (Å²) in [5.74, 6) is 0.858. The van der Waals surface area contributed by atoms with Gasteiger partial charge in [-0.15, -0.1) is 12.4 Å². The van der Waals surface area contributed by atoms with Crippen LogP contribution in [0.5, 0.6) is 0 Å². The number of nitrogens with zero attached hydrogens (tertiary/aromatic N) is 3. The van der Waals surface area contributed by atoms with Crippen LogP contribution in [0.25, 0.3) is 22.0 Å². The van der Waals surface area contributed by atoms with Crippen molar-refractivity contribution in [1.82, 2.24) is 9.97 Å². The van der Waals surface area contributed by atoms with E-state index in [1.807, 2.05) is 12.1 Å². The van der Waals surface area contributed by atoms with E-state index >= 15 is 0 Å². The molecule has 3 heterocycles. The van der Waals surface area contributed by atoms with Gasteiger partial charge >= 0.3 is 0 Å². The lowest BCUT2D eigenvalue weighted by Gasteiger charge is -2.24. The second kappa shape index (κ2) is 8.34. The zero-order valence-electron chi connectivity index (χ0n) is 18.0. The quantitative estimate of drug-likeness (QED) is 0.626. The van der Waals surface area contributed by atoms with E-state index in [4.69, 9.17) is 10.7 Å². The second-order valence-corrected chi connectivity index (χ2v) is 9.16. The van der Waals surface area contributed by atoms with Gasteiger partial charge in [-0.05, 0) is 79.5 Å². The summed E-state index contributed by atoms with van der Waals surface area (Å²) in [7, 11) is 0. The third kappa shape index (κ3) is 3.82. The highest BCUT2D eigenvalue weighted by Crippen LogP contribution is 2.39. The number of amides is 1. The van der Waals surface area contributed by atoms with Crippen LogP contribution in [0.3, 0.4) is 0 Å². The molecular formula is C25H28ClN5O. The Bertz CT molecular complexity index is 1190. The molecule has 1 aliphatic heterocycles. The maximum absolute atomic E-state index is 12.1. The van der Waals surface area contributed by atoms with E-state index < -0.39 is 0 Å². The summed E-state index contributed by atoms with van der Waals surface area (Å²) < 4.78 is 0. The Morgan fingerprint density at radius 3 is 2.72 bits per heavy atom. The number of anilines is 2. The topological polar surface area (TPSA) is 84.1 Å². The predicted molar refractivity (Wildman–Crippen MR) is 130 cm³/mol. The van der Waals surface area contributed by atoms with Gasteiger partial charge in [-0.1, -0.05) is 6.07 Å². The molecule has 1 amide bonds. The van der Waals surface area contributed by atoms with Gasteiger partial charge in [-0.2, -0.15) is 0 Å². The van der Waals surface area contributed by atoms with Crippen molar-refractivity contribution in [3.8, 4) is 11.1 Å². The number of pyridine rings is 2. The SMILES string of the molecule is Cl.NC1CCN(c2c3c(nc4ccc(-c5ccnc(NC(=O)C6CC6)c5)cc24)CCC3)C1.